The molecule has 6 nitrogen and oxygen atoms in total. The summed E-state index contributed by atoms with van der Waals surface area (Å²) >= 11 is 0. The van der Waals surface area contributed by atoms with Crippen LogP contribution in [-0.2, 0) is 14.6 Å². The maximum atomic E-state index is 13.6. The van der Waals surface area contributed by atoms with Crippen molar-refractivity contribution in [2.75, 3.05) is 37.7 Å². The van der Waals surface area contributed by atoms with Crippen molar-refractivity contribution in [1.29, 1.82) is 0 Å². The monoisotopic (exact) mass is 461 g/mol. The van der Waals surface area contributed by atoms with Crippen LogP contribution in [0.3, 0.4) is 0 Å². The number of benzene rings is 1. The van der Waals surface area contributed by atoms with Gasteiger partial charge in [0.2, 0.25) is 5.91 Å². The fourth-order valence-corrected chi connectivity index (χ4v) is 7.71. The predicted octanol–water partition coefficient (Wildman–Crippen LogP) is 3.10. The van der Waals surface area contributed by atoms with Crippen molar-refractivity contribution in [3.63, 3.8) is 0 Å². The first-order chi connectivity index (χ1) is 15.4. The minimum atomic E-state index is -3.01. The molecule has 1 aromatic rings. The first-order valence-corrected chi connectivity index (χ1v) is 14.2. The Morgan fingerprint density at radius 2 is 1.78 bits per heavy atom. The van der Waals surface area contributed by atoms with Gasteiger partial charge in [0.25, 0.3) is 0 Å². The van der Waals surface area contributed by atoms with Gasteiger partial charge in [0.15, 0.2) is 9.84 Å². The highest BCUT2D eigenvalue weighted by atomic mass is 32.2. The lowest BCUT2D eigenvalue weighted by Gasteiger charge is -2.37. The van der Waals surface area contributed by atoms with Crippen LogP contribution in [0.4, 0.5) is 0 Å². The highest BCUT2D eigenvalue weighted by molar-refractivity contribution is 7.91. The van der Waals surface area contributed by atoms with Gasteiger partial charge in [0.05, 0.1) is 18.1 Å². The van der Waals surface area contributed by atoms with Gasteiger partial charge in [-0.25, -0.2) is 8.42 Å². The fourth-order valence-electron chi connectivity index (χ4n) is 6.00. The number of carbonyl (C=O) groups excluding carboxylic acids is 1. The highest BCUT2D eigenvalue weighted by Crippen LogP contribution is 2.30. The van der Waals surface area contributed by atoms with Crippen LogP contribution in [0.1, 0.15) is 64.0 Å². The maximum Gasteiger partial charge on any atom is 0.237 e. The third-order valence-electron chi connectivity index (χ3n) is 7.89. The lowest BCUT2D eigenvalue weighted by molar-refractivity contribution is -0.137. The Morgan fingerprint density at radius 3 is 2.41 bits per heavy atom. The fraction of sp³-hybridized carbons (Fsp3) is 0.720. The maximum absolute atomic E-state index is 13.6. The summed E-state index contributed by atoms with van der Waals surface area (Å²) in [6, 6.07) is 11.4. The van der Waals surface area contributed by atoms with Crippen LogP contribution < -0.4 is 0 Å². The van der Waals surface area contributed by atoms with E-state index in [-0.39, 0.29) is 29.5 Å². The van der Waals surface area contributed by atoms with Crippen molar-refractivity contribution in [1.82, 2.24) is 14.7 Å². The Bertz CT molecular complexity index is 870. The van der Waals surface area contributed by atoms with Crippen molar-refractivity contribution in [3.8, 4) is 0 Å². The van der Waals surface area contributed by atoms with Crippen LogP contribution in [0.5, 0.6) is 0 Å². The van der Waals surface area contributed by atoms with E-state index < -0.39 is 9.84 Å². The van der Waals surface area contributed by atoms with Gasteiger partial charge in [-0.3, -0.25) is 14.6 Å². The molecule has 3 atom stereocenters. The molecule has 32 heavy (non-hydrogen) atoms. The largest absolute Gasteiger partial charge is 0.335 e. The van der Waals surface area contributed by atoms with Crippen molar-refractivity contribution in [2.45, 2.75) is 76.5 Å². The van der Waals surface area contributed by atoms with Gasteiger partial charge in [0.1, 0.15) is 0 Å². The number of likely N-dealkylation sites (N-methyl/N-ethyl adjacent to an activating group) is 1. The molecule has 0 bridgehead atoms. The van der Waals surface area contributed by atoms with Crippen molar-refractivity contribution in [3.05, 3.63) is 35.9 Å². The third kappa shape index (κ3) is 5.37. The summed E-state index contributed by atoms with van der Waals surface area (Å²) < 4.78 is 24.3. The van der Waals surface area contributed by atoms with E-state index in [2.05, 4.69) is 54.0 Å². The Balaban J connectivity index is 1.41. The third-order valence-corrected chi connectivity index (χ3v) is 9.64. The number of hydrogen-bond donors (Lipinski definition) is 0. The molecule has 0 spiro atoms. The van der Waals surface area contributed by atoms with Crippen LogP contribution >= 0.6 is 0 Å². The van der Waals surface area contributed by atoms with E-state index in [4.69, 9.17) is 0 Å². The van der Waals surface area contributed by atoms with Gasteiger partial charge < -0.3 is 4.90 Å². The molecule has 2 aliphatic heterocycles. The highest BCUT2D eigenvalue weighted by Gasteiger charge is 2.40. The molecule has 1 aromatic carbocycles. The molecule has 0 aromatic heterocycles. The standard InChI is InChI=1S/C25H39N3O3S/c1-3-26(23-13-15-27(17-23)20(2)21-9-5-4-6-10-21)18-25(29)28(22-11-7-8-12-22)24-14-16-32(30,31)19-24/h4-6,9-10,20,22-24H,3,7-8,11-19H2,1-2H3. The number of carbonyl (C=O) groups is 1. The van der Waals surface area contributed by atoms with E-state index in [0.717, 1.165) is 51.7 Å². The second-order valence-electron chi connectivity index (χ2n) is 9.88. The molecule has 1 aliphatic carbocycles. The number of sulfone groups is 1. The first-order valence-electron chi connectivity index (χ1n) is 12.4. The Hall–Kier alpha value is -1.44. The lowest BCUT2D eigenvalue weighted by atomic mass is 10.1. The van der Waals surface area contributed by atoms with Crippen LogP contribution in [0.2, 0.25) is 0 Å². The van der Waals surface area contributed by atoms with Gasteiger partial charge in [0, 0.05) is 37.3 Å². The molecule has 4 rings (SSSR count). The molecule has 3 unspecified atom stereocenters. The van der Waals surface area contributed by atoms with E-state index in [1.165, 1.54) is 5.56 Å². The molecule has 1 saturated carbocycles. The SMILES string of the molecule is CCN(CC(=O)N(C1CCCC1)C1CCS(=O)(=O)C1)C1CCN(C(C)c2ccccc2)C1. The number of rotatable bonds is 8. The molecule has 2 saturated heterocycles. The molecular weight excluding hydrogens is 422 g/mol. The molecule has 3 fully saturated rings. The summed E-state index contributed by atoms with van der Waals surface area (Å²) in [4.78, 5) is 20.4. The van der Waals surface area contributed by atoms with Crippen LogP contribution in [-0.4, -0.2) is 84.8 Å². The summed E-state index contributed by atoms with van der Waals surface area (Å²) in [5.41, 5.74) is 1.34. The average Bonchev–Trinajstić information content (AvgIpc) is 3.54. The summed E-state index contributed by atoms with van der Waals surface area (Å²) in [6.45, 7) is 7.66. The van der Waals surface area contributed by atoms with E-state index in [1.807, 2.05) is 4.90 Å². The van der Waals surface area contributed by atoms with Gasteiger partial charge in [-0.05, 0) is 44.7 Å². The second kappa shape index (κ2) is 10.2. The minimum Gasteiger partial charge on any atom is -0.335 e. The summed E-state index contributed by atoms with van der Waals surface area (Å²) in [5, 5.41) is 0. The number of likely N-dealkylation sites (tertiary alicyclic amines) is 1. The normalized spacial score (nSPS) is 27.2. The topological polar surface area (TPSA) is 60.9 Å². The molecule has 178 valence electrons. The predicted molar refractivity (Wildman–Crippen MR) is 128 cm³/mol. The van der Waals surface area contributed by atoms with Crippen molar-refractivity contribution < 1.29 is 13.2 Å². The van der Waals surface area contributed by atoms with E-state index in [1.54, 1.807) is 0 Å². The summed E-state index contributed by atoms with van der Waals surface area (Å²) in [6.07, 6.45) is 5.98. The van der Waals surface area contributed by atoms with Gasteiger partial charge in [-0.2, -0.15) is 0 Å². The summed E-state index contributed by atoms with van der Waals surface area (Å²) in [5.74, 6) is 0.503. The van der Waals surface area contributed by atoms with Crippen LogP contribution in [0, 0.1) is 0 Å². The van der Waals surface area contributed by atoms with Gasteiger partial charge in [-0.15, -0.1) is 0 Å². The lowest BCUT2D eigenvalue weighted by Crippen LogP contribution is -2.52. The molecule has 3 aliphatic rings. The van der Waals surface area contributed by atoms with E-state index >= 15 is 0 Å². The van der Waals surface area contributed by atoms with Crippen molar-refractivity contribution >= 4 is 15.7 Å². The number of hydrogen-bond acceptors (Lipinski definition) is 5. The van der Waals surface area contributed by atoms with Crippen LogP contribution in [0.15, 0.2) is 30.3 Å². The van der Waals surface area contributed by atoms with E-state index in [9.17, 15) is 13.2 Å². The zero-order valence-electron chi connectivity index (χ0n) is 19.7. The zero-order chi connectivity index (χ0) is 22.7. The van der Waals surface area contributed by atoms with Crippen LogP contribution in [0.25, 0.3) is 0 Å². The Kier molecular flexibility index (Phi) is 7.58. The quantitative estimate of drug-likeness (QED) is 0.595. The van der Waals surface area contributed by atoms with Gasteiger partial charge in [-0.1, -0.05) is 50.1 Å². The van der Waals surface area contributed by atoms with Crippen molar-refractivity contribution in [2.24, 2.45) is 0 Å². The molecule has 0 radical (unpaired) electrons. The molecule has 0 N–H and O–H groups in total. The van der Waals surface area contributed by atoms with E-state index in [0.29, 0.717) is 25.0 Å². The Labute approximate surface area is 193 Å². The molecular formula is C25H39N3O3S. The Morgan fingerprint density at radius 1 is 1.06 bits per heavy atom. The first kappa shape index (κ1) is 23.7. The number of nitrogens with zero attached hydrogens (tertiary/aromatic N) is 3. The summed E-state index contributed by atoms with van der Waals surface area (Å²) in [7, 11) is -3.01. The zero-order valence-corrected chi connectivity index (χ0v) is 20.5. The second-order valence-corrected chi connectivity index (χ2v) is 12.1. The number of amides is 1. The average molecular weight is 462 g/mol. The smallest absolute Gasteiger partial charge is 0.237 e. The minimum absolute atomic E-state index is 0.132. The molecule has 2 heterocycles. The molecule has 1 amide bonds. The molecule has 7 heteroatoms. The van der Waals surface area contributed by atoms with Gasteiger partial charge >= 0.3 is 0 Å².